The molecule has 0 saturated heterocycles. The van der Waals surface area contributed by atoms with Crippen LogP contribution in [0.4, 0.5) is 5.69 Å². The van der Waals surface area contributed by atoms with Crippen LogP contribution in [0.2, 0.25) is 0 Å². The zero-order valence-corrected chi connectivity index (χ0v) is 10.5. The number of nitrogen functional groups attached to an aromatic ring is 1. The van der Waals surface area contributed by atoms with Crippen LogP contribution in [0.15, 0.2) is 24.3 Å². The lowest BCUT2D eigenvalue weighted by Crippen LogP contribution is -2.02. The lowest BCUT2D eigenvalue weighted by Gasteiger charge is -2.07. The van der Waals surface area contributed by atoms with E-state index in [4.69, 9.17) is 18.0 Å². The largest absolute Gasteiger partial charge is 0.399 e. The van der Waals surface area contributed by atoms with E-state index in [9.17, 15) is 5.26 Å². The first-order chi connectivity index (χ1) is 8.65. The summed E-state index contributed by atoms with van der Waals surface area (Å²) in [6.07, 6.45) is 0. The van der Waals surface area contributed by atoms with Crippen molar-refractivity contribution in [3.8, 4) is 17.3 Å². The molecule has 0 bridgehead atoms. The van der Waals surface area contributed by atoms with Crippen molar-refractivity contribution in [3.63, 3.8) is 0 Å². The van der Waals surface area contributed by atoms with E-state index in [1.807, 2.05) is 12.1 Å². The highest BCUT2D eigenvalue weighted by Gasteiger charge is 2.13. The van der Waals surface area contributed by atoms with Gasteiger partial charge in [0.15, 0.2) is 0 Å². The molecular weight excluding hydrogens is 244 g/mol. The van der Waals surface area contributed by atoms with Crippen molar-refractivity contribution in [1.82, 2.24) is 9.97 Å². The third-order valence-corrected chi connectivity index (χ3v) is 2.66. The Morgan fingerprint density at radius 1 is 1.39 bits per heavy atom. The summed E-state index contributed by atoms with van der Waals surface area (Å²) < 4.78 is 0. The van der Waals surface area contributed by atoms with E-state index in [0.29, 0.717) is 28.5 Å². The van der Waals surface area contributed by atoms with Crippen molar-refractivity contribution in [2.75, 3.05) is 5.73 Å². The van der Waals surface area contributed by atoms with Crippen molar-refractivity contribution in [2.45, 2.75) is 6.92 Å². The zero-order chi connectivity index (χ0) is 13.1. The van der Waals surface area contributed by atoms with Crippen LogP contribution in [-0.4, -0.2) is 15.3 Å². The van der Waals surface area contributed by atoms with Gasteiger partial charge in [0.05, 0.1) is 11.4 Å². The van der Waals surface area contributed by atoms with Crippen LogP contribution in [0, 0.1) is 18.3 Å². The second-order valence-electron chi connectivity index (χ2n) is 3.73. The van der Waals surface area contributed by atoms with Crippen molar-refractivity contribution in [3.05, 3.63) is 41.3 Å². The second kappa shape index (κ2) is 4.90. The molecule has 1 heterocycles. The monoisotopic (exact) mass is 254 g/mol. The average molecular weight is 254 g/mol. The molecule has 0 unspecified atom stereocenters. The van der Waals surface area contributed by atoms with E-state index >= 15 is 0 Å². The summed E-state index contributed by atoms with van der Waals surface area (Å²) in [5.41, 5.74) is 8.56. The van der Waals surface area contributed by atoms with Crippen molar-refractivity contribution < 1.29 is 0 Å². The highest BCUT2D eigenvalue weighted by molar-refractivity contribution is 7.79. The Kier molecular flexibility index (Phi) is 3.31. The fraction of sp³-hybridized carbons (Fsp3) is 0.0769. The van der Waals surface area contributed by atoms with Crippen LogP contribution in [0.3, 0.4) is 0 Å². The van der Waals surface area contributed by atoms with E-state index in [2.05, 4.69) is 16.0 Å². The third-order valence-electron chi connectivity index (χ3n) is 2.43. The number of hydrogen-bond donors (Lipinski definition) is 1. The van der Waals surface area contributed by atoms with E-state index in [1.54, 1.807) is 19.1 Å². The molecular formula is C13H10N4S. The molecule has 0 saturated carbocycles. The molecule has 2 rings (SSSR count). The Balaban J connectivity index is 2.75. The van der Waals surface area contributed by atoms with E-state index in [0.717, 1.165) is 5.56 Å². The summed E-state index contributed by atoms with van der Waals surface area (Å²) >= 11 is 4.88. The lowest BCUT2D eigenvalue weighted by molar-refractivity contribution is 1.04. The van der Waals surface area contributed by atoms with Crippen molar-refractivity contribution in [2.24, 2.45) is 0 Å². The number of nitrogens with zero attached hydrogens (tertiary/aromatic N) is 3. The number of nitriles is 1. The van der Waals surface area contributed by atoms with Crippen LogP contribution in [0.5, 0.6) is 0 Å². The molecule has 18 heavy (non-hydrogen) atoms. The van der Waals surface area contributed by atoms with Gasteiger partial charge in [-0.2, -0.15) is 5.26 Å². The molecule has 0 fully saturated rings. The van der Waals surface area contributed by atoms with Gasteiger partial charge in [0, 0.05) is 16.6 Å². The van der Waals surface area contributed by atoms with Gasteiger partial charge < -0.3 is 5.73 Å². The fourth-order valence-electron chi connectivity index (χ4n) is 1.68. The Morgan fingerprint density at radius 3 is 2.78 bits per heavy atom. The first-order valence-corrected chi connectivity index (χ1v) is 5.72. The molecule has 4 nitrogen and oxygen atoms in total. The summed E-state index contributed by atoms with van der Waals surface area (Å²) in [4.78, 5) is 8.45. The smallest absolute Gasteiger partial charge is 0.126 e. The molecule has 5 heteroatoms. The van der Waals surface area contributed by atoms with Crippen LogP contribution >= 0.6 is 12.2 Å². The molecule has 2 N–H and O–H groups in total. The third kappa shape index (κ3) is 2.19. The number of nitrogens with two attached hydrogens (primary N) is 1. The number of thiocarbonyl (C=S) groups is 1. The average Bonchev–Trinajstić information content (AvgIpc) is 2.37. The van der Waals surface area contributed by atoms with Gasteiger partial charge in [-0.25, -0.2) is 9.97 Å². The molecule has 2 aromatic rings. The van der Waals surface area contributed by atoms with Crippen molar-refractivity contribution in [1.29, 1.82) is 5.26 Å². The quantitative estimate of drug-likeness (QED) is 0.657. The Morgan fingerprint density at radius 2 is 2.17 bits per heavy atom. The van der Waals surface area contributed by atoms with Crippen LogP contribution in [-0.2, 0) is 0 Å². The molecule has 0 spiro atoms. The van der Waals surface area contributed by atoms with Gasteiger partial charge in [-0.3, -0.25) is 0 Å². The number of benzene rings is 1. The highest BCUT2D eigenvalue weighted by atomic mass is 32.1. The maximum absolute atomic E-state index is 9.22. The topological polar surface area (TPSA) is 75.6 Å². The van der Waals surface area contributed by atoms with Crippen LogP contribution < -0.4 is 5.73 Å². The molecule has 0 aliphatic rings. The predicted molar refractivity (Wildman–Crippen MR) is 74.1 cm³/mol. The summed E-state index contributed by atoms with van der Waals surface area (Å²) in [5, 5.41) is 10.6. The van der Waals surface area contributed by atoms with E-state index < -0.39 is 0 Å². The number of aryl methyl sites for hydroxylation is 1. The standard InChI is InChI=1S/C13H10N4S/c1-8-16-12(7-18)11(6-14)13(17-8)9-3-2-4-10(15)5-9/h2-5,7H,15H2,1H3. The molecule has 88 valence electrons. The van der Waals surface area contributed by atoms with E-state index in [1.165, 1.54) is 5.37 Å². The Bertz CT molecular complexity index is 659. The molecule has 0 radical (unpaired) electrons. The normalized spacial score (nSPS) is 9.78. The summed E-state index contributed by atoms with van der Waals surface area (Å²) in [5.74, 6) is 0.572. The van der Waals surface area contributed by atoms with Gasteiger partial charge in [0.2, 0.25) is 0 Å². The van der Waals surface area contributed by atoms with Gasteiger partial charge in [-0.15, -0.1) is 0 Å². The first kappa shape index (κ1) is 12.1. The maximum Gasteiger partial charge on any atom is 0.126 e. The Labute approximate surface area is 110 Å². The van der Waals surface area contributed by atoms with Crippen LogP contribution in [0.25, 0.3) is 11.3 Å². The zero-order valence-electron chi connectivity index (χ0n) is 9.71. The molecule has 0 amide bonds. The number of hydrogen-bond acceptors (Lipinski definition) is 5. The summed E-state index contributed by atoms with van der Waals surface area (Å²) in [7, 11) is 0. The maximum atomic E-state index is 9.22. The Hall–Kier alpha value is -2.32. The first-order valence-electron chi connectivity index (χ1n) is 5.25. The SMILES string of the molecule is Cc1nc(C=S)c(C#N)c(-c2cccc(N)c2)n1. The number of aromatic nitrogens is 2. The fourth-order valence-corrected chi connectivity index (χ4v) is 1.86. The van der Waals surface area contributed by atoms with Crippen LogP contribution in [0.1, 0.15) is 17.1 Å². The van der Waals surface area contributed by atoms with Gasteiger partial charge in [-0.1, -0.05) is 24.4 Å². The number of rotatable bonds is 2. The van der Waals surface area contributed by atoms with Gasteiger partial charge >= 0.3 is 0 Å². The molecule has 0 aliphatic carbocycles. The van der Waals surface area contributed by atoms with Gasteiger partial charge in [0.25, 0.3) is 0 Å². The molecule has 0 aliphatic heterocycles. The highest BCUT2D eigenvalue weighted by Crippen LogP contribution is 2.24. The van der Waals surface area contributed by atoms with Gasteiger partial charge in [-0.05, 0) is 19.1 Å². The predicted octanol–water partition coefficient (Wildman–Crippen LogP) is 2.25. The number of anilines is 1. The summed E-state index contributed by atoms with van der Waals surface area (Å²) in [6, 6.07) is 9.32. The molecule has 1 aromatic heterocycles. The minimum atomic E-state index is 0.376. The summed E-state index contributed by atoms with van der Waals surface area (Å²) in [6.45, 7) is 1.76. The lowest BCUT2D eigenvalue weighted by atomic mass is 10.0. The molecule has 0 atom stereocenters. The molecule has 1 aromatic carbocycles. The second-order valence-corrected chi connectivity index (χ2v) is 3.97. The van der Waals surface area contributed by atoms with Gasteiger partial charge in [0.1, 0.15) is 17.5 Å². The van der Waals surface area contributed by atoms with E-state index in [-0.39, 0.29) is 0 Å². The minimum Gasteiger partial charge on any atom is -0.399 e. The van der Waals surface area contributed by atoms with Crippen molar-refractivity contribution >= 4 is 23.3 Å². The minimum absolute atomic E-state index is 0.376.